The second kappa shape index (κ2) is 6.52. The molecule has 0 spiro atoms. The Kier molecular flexibility index (Phi) is 4.21. The number of nitrogens with zero attached hydrogens (tertiary/aromatic N) is 3. The molecule has 0 aliphatic carbocycles. The smallest absolute Gasteiger partial charge is 0.253 e. The molecule has 0 atom stereocenters. The molecule has 2 aliphatic heterocycles. The van der Waals surface area contributed by atoms with Crippen LogP contribution in [0.2, 0.25) is 0 Å². The number of aromatic nitrogens is 1. The number of benzene rings is 1. The predicted octanol–water partition coefficient (Wildman–Crippen LogP) is 2.18. The monoisotopic (exact) mass is 341 g/mol. The van der Waals surface area contributed by atoms with Gasteiger partial charge in [0.15, 0.2) is 0 Å². The summed E-state index contributed by atoms with van der Waals surface area (Å²) in [6.45, 7) is 8.70. The molecule has 0 radical (unpaired) electrons. The van der Waals surface area contributed by atoms with Gasteiger partial charge in [0.2, 0.25) is 0 Å². The van der Waals surface area contributed by atoms with Crippen LogP contribution in [-0.4, -0.2) is 53.6 Å². The van der Waals surface area contributed by atoms with Crippen molar-refractivity contribution in [2.24, 2.45) is 0 Å². The highest BCUT2D eigenvalue weighted by Crippen LogP contribution is 2.26. The molecule has 25 heavy (non-hydrogen) atoms. The minimum absolute atomic E-state index is 0.117. The van der Waals surface area contributed by atoms with Gasteiger partial charge in [0, 0.05) is 50.3 Å². The number of hydrogen-bond acceptors (Lipinski definition) is 5. The fraction of sp³-hybridized carbons (Fsp3) is 0.474. The standard InChI is InChI=1S/C19H23N3O3/c1-13-17(14(2)25-20-13)12-21-6-8-22(9-7-21)19(23)16-3-4-18-15(11-16)5-10-24-18/h3-4,11H,5-10,12H2,1-2H3. The van der Waals surface area contributed by atoms with Crippen LogP contribution in [0.3, 0.4) is 0 Å². The van der Waals surface area contributed by atoms with E-state index in [0.717, 1.165) is 67.5 Å². The fourth-order valence-electron chi connectivity index (χ4n) is 3.56. The van der Waals surface area contributed by atoms with E-state index in [1.807, 2.05) is 36.9 Å². The summed E-state index contributed by atoms with van der Waals surface area (Å²) in [7, 11) is 0. The Bertz CT molecular complexity index is 772. The molecule has 1 saturated heterocycles. The van der Waals surface area contributed by atoms with E-state index >= 15 is 0 Å². The van der Waals surface area contributed by atoms with Crippen molar-refractivity contribution in [2.75, 3.05) is 32.8 Å². The summed E-state index contributed by atoms with van der Waals surface area (Å²) in [6.07, 6.45) is 0.891. The average Bonchev–Trinajstić information content (AvgIpc) is 3.22. The summed E-state index contributed by atoms with van der Waals surface area (Å²) in [5.74, 6) is 1.92. The van der Waals surface area contributed by atoms with Crippen molar-refractivity contribution >= 4 is 5.91 Å². The van der Waals surface area contributed by atoms with Crippen LogP contribution in [0.4, 0.5) is 0 Å². The van der Waals surface area contributed by atoms with E-state index in [1.165, 1.54) is 5.56 Å². The van der Waals surface area contributed by atoms with Crippen LogP contribution in [0.25, 0.3) is 0 Å². The Labute approximate surface area is 147 Å². The van der Waals surface area contributed by atoms with Crippen molar-refractivity contribution < 1.29 is 14.1 Å². The van der Waals surface area contributed by atoms with E-state index in [9.17, 15) is 4.79 Å². The van der Waals surface area contributed by atoms with Gasteiger partial charge in [0.1, 0.15) is 11.5 Å². The van der Waals surface area contributed by atoms with Crippen LogP contribution in [-0.2, 0) is 13.0 Å². The molecule has 6 heteroatoms. The van der Waals surface area contributed by atoms with Gasteiger partial charge >= 0.3 is 0 Å². The Morgan fingerprint density at radius 1 is 1.20 bits per heavy atom. The van der Waals surface area contributed by atoms with Crippen molar-refractivity contribution in [3.8, 4) is 5.75 Å². The van der Waals surface area contributed by atoms with Gasteiger partial charge in [-0.1, -0.05) is 5.16 Å². The highest BCUT2D eigenvalue weighted by atomic mass is 16.5. The Hall–Kier alpha value is -2.34. The number of carbonyl (C=O) groups is 1. The highest BCUT2D eigenvalue weighted by molar-refractivity contribution is 5.94. The van der Waals surface area contributed by atoms with Crippen LogP contribution < -0.4 is 4.74 Å². The third kappa shape index (κ3) is 3.14. The molecule has 0 unspecified atom stereocenters. The maximum atomic E-state index is 12.8. The second-order valence-electron chi connectivity index (χ2n) is 6.79. The Balaban J connectivity index is 1.37. The fourth-order valence-corrected chi connectivity index (χ4v) is 3.56. The molecule has 3 heterocycles. The lowest BCUT2D eigenvalue weighted by Crippen LogP contribution is -2.48. The van der Waals surface area contributed by atoms with E-state index in [0.29, 0.717) is 6.61 Å². The van der Waals surface area contributed by atoms with E-state index < -0.39 is 0 Å². The Morgan fingerprint density at radius 3 is 2.72 bits per heavy atom. The molecular weight excluding hydrogens is 318 g/mol. The molecular formula is C19H23N3O3. The van der Waals surface area contributed by atoms with Gasteiger partial charge in [-0.2, -0.15) is 0 Å². The minimum atomic E-state index is 0.117. The quantitative estimate of drug-likeness (QED) is 0.856. The highest BCUT2D eigenvalue weighted by Gasteiger charge is 2.24. The first-order valence-electron chi connectivity index (χ1n) is 8.81. The third-order valence-corrected chi connectivity index (χ3v) is 5.16. The lowest BCUT2D eigenvalue weighted by molar-refractivity contribution is 0.0627. The van der Waals surface area contributed by atoms with E-state index in [-0.39, 0.29) is 5.91 Å². The van der Waals surface area contributed by atoms with Gasteiger partial charge in [-0.3, -0.25) is 9.69 Å². The maximum Gasteiger partial charge on any atom is 0.253 e. The molecule has 6 nitrogen and oxygen atoms in total. The van der Waals surface area contributed by atoms with Crippen molar-refractivity contribution in [2.45, 2.75) is 26.8 Å². The van der Waals surface area contributed by atoms with Crippen molar-refractivity contribution in [3.05, 3.63) is 46.3 Å². The second-order valence-corrected chi connectivity index (χ2v) is 6.79. The molecule has 0 bridgehead atoms. The van der Waals surface area contributed by atoms with Gasteiger partial charge in [-0.15, -0.1) is 0 Å². The normalized spacial score (nSPS) is 17.4. The SMILES string of the molecule is Cc1noc(C)c1CN1CCN(C(=O)c2ccc3c(c2)CCO3)CC1. The lowest BCUT2D eigenvalue weighted by Gasteiger charge is -2.34. The molecule has 2 aromatic rings. The Morgan fingerprint density at radius 2 is 2.00 bits per heavy atom. The first-order chi connectivity index (χ1) is 12.1. The minimum Gasteiger partial charge on any atom is -0.493 e. The van der Waals surface area contributed by atoms with Crippen LogP contribution in [0.5, 0.6) is 5.75 Å². The topological polar surface area (TPSA) is 58.8 Å². The summed E-state index contributed by atoms with van der Waals surface area (Å²) in [5, 5.41) is 4.02. The molecule has 1 aromatic heterocycles. The summed E-state index contributed by atoms with van der Waals surface area (Å²) in [6, 6.07) is 5.78. The number of amides is 1. The van der Waals surface area contributed by atoms with Crippen molar-refractivity contribution in [1.29, 1.82) is 0 Å². The van der Waals surface area contributed by atoms with Gasteiger partial charge in [0.25, 0.3) is 5.91 Å². The molecule has 1 amide bonds. The number of piperazine rings is 1. The number of ether oxygens (including phenoxy) is 1. The molecule has 4 rings (SSSR count). The molecule has 1 aromatic carbocycles. The van der Waals surface area contributed by atoms with Crippen LogP contribution in [0.15, 0.2) is 22.7 Å². The molecule has 2 aliphatic rings. The van der Waals surface area contributed by atoms with Crippen LogP contribution in [0.1, 0.15) is 32.9 Å². The van der Waals surface area contributed by atoms with Gasteiger partial charge in [-0.05, 0) is 37.6 Å². The zero-order valence-electron chi connectivity index (χ0n) is 14.7. The number of carbonyl (C=O) groups excluding carboxylic acids is 1. The van der Waals surface area contributed by atoms with Crippen LogP contribution in [0, 0.1) is 13.8 Å². The summed E-state index contributed by atoms with van der Waals surface area (Å²) in [5.41, 5.74) is 4.03. The zero-order valence-corrected chi connectivity index (χ0v) is 14.7. The predicted molar refractivity (Wildman–Crippen MR) is 92.8 cm³/mol. The average molecular weight is 341 g/mol. The number of aryl methyl sites for hydroxylation is 2. The van der Waals surface area contributed by atoms with E-state index in [4.69, 9.17) is 9.26 Å². The molecule has 0 saturated carbocycles. The summed E-state index contributed by atoms with van der Waals surface area (Å²) < 4.78 is 10.8. The molecule has 132 valence electrons. The third-order valence-electron chi connectivity index (χ3n) is 5.16. The summed E-state index contributed by atoms with van der Waals surface area (Å²) >= 11 is 0. The van der Waals surface area contributed by atoms with Crippen molar-refractivity contribution in [3.63, 3.8) is 0 Å². The maximum absolute atomic E-state index is 12.8. The van der Waals surface area contributed by atoms with E-state index in [2.05, 4.69) is 10.1 Å². The van der Waals surface area contributed by atoms with Gasteiger partial charge < -0.3 is 14.2 Å². The zero-order chi connectivity index (χ0) is 17.4. The molecule has 0 N–H and O–H groups in total. The summed E-state index contributed by atoms with van der Waals surface area (Å²) in [4.78, 5) is 17.1. The van der Waals surface area contributed by atoms with Gasteiger partial charge in [-0.25, -0.2) is 0 Å². The lowest BCUT2D eigenvalue weighted by atomic mass is 10.1. The van der Waals surface area contributed by atoms with E-state index in [1.54, 1.807) is 0 Å². The number of hydrogen-bond donors (Lipinski definition) is 0. The van der Waals surface area contributed by atoms with Crippen molar-refractivity contribution in [1.82, 2.24) is 15.0 Å². The largest absolute Gasteiger partial charge is 0.493 e. The first kappa shape index (κ1) is 16.1. The first-order valence-corrected chi connectivity index (χ1v) is 8.81. The number of fused-ring (bicyclic) bond motifs is 1. The number of rotatable bonds is 3. The van der Waals surface area contributed by atoms with Crippen LogP contribution >= 0.6 is 0 Å². The van der Waals surface area contributed by atoms with Gasteiger partial charge in [0.05, 0.1) is 12.3 Å². The molecule has 1 fully saturated rings.